The second kappa shape index (κ2) is 10.1. The number of rotatable bonds is 4. The number of guanidine groups is 1. The van der Waals surface area contributed by atoms with Crippen LogP contribution in [0.25, 0.3) is 0 Å². The second-order valence-electron chi connectivity index (χ2n) is 4.92. The molecule has 1 N–H and O–H groups in total. The number of hydrogen-bond acceptors (Lipinski definition) is 4. The van der Waals surface area contributed by atoms with Gasteiger partial charge in [0, 0.05) is 49.4 Å². The highest BCUT2D eigenvalue weighted by Gasteiger charge is 2.21. The van der Waals surface area contributed by atoms with Gasteiger partial charge in [-0.25, -0.2) is 4.98 Å². The monoisotopic (exact) mass is 436 g/mol. The summed E-state index contributed by atoms with van der Waals surface area (Å²) in [5.41, 5.74) is 1.04. The molecule has 7 heteroatoms. The van der Waals surface area contributed by atoms with E-state index in [4.69, 9.17) is 4.74 Å². The van der Waals surface area contributed by atoms with E-state index in [-0.39, 0.29) is 24.0 Å². The molecule has 1 aliphatic rings. The highest BCUT2D eigenvalue weighted by molar-refractivity contribution is 14.0. The lowest BCUT2D eigenvalue weighted by Crippen LogP contribution is -2.47. The lowest BCUT2D eigenvalue weighted by molar-refractivity contribution is 0.388. The van der Waals surface area contributed by atoms with Crippen LogP contribution in [0.5, 0.6) is 5.88 Å². The summed E-state index contributed by atoms with van der Waals surface area (Å²) in [6.07, 6.45) is 2.94. The Bertz CT molecular complexity index is 486. The van der Waals surface area contributed by atoms with E-state index in [2.05, 4.69) is 38.9 Å². The molecule has 5 nitrogen and oxygen atoms in total. The Kier molecular flexibility index (Phi) is 8.92. The Hall–Kier alpha value is -0.700. The smallest absolute Gasteiger partial charge is 0.218 e. The van der Waals surface area contributed by atoms with E-state index in [1.807, 2.05) is 19.2 Å². The maximum atomic E-state index is 5.28. The van der Waals surface area contributed by atoms with Gasteiger partial charge in [-0.3, -0.25) is 4.99 Å². The van der Waals surface area contributed by atoms with E-state index in [9.17, 15) is 0 Å². The zero-order valence-electron chi connectivity index (χ0n) is 13.4. The Labute approximate surface area is 154 Å². The van der Waals surface area contributed by atoms with Crippen molar-refractivity contribution in [2.24, 2.45) is 4.99 Å². The fraction of sp³-hybridized carbons (Fsp3) is 0.600. The number of ether oxygens (including phenoxy) is 1. The van der Waals surface area contributed by atoms with Crippen molar-refractivity contribution in [1.29, 1.82) is 0 Å². The number of pyridine rings is 1. The standard InChI is InChI=1S/C15H24N4OS.HI/c1-4-13-11-19(8-9-21-13)15(16-2)18-10-12-6-5-7-17-14(12)20-3;/h5-7,13H,4,8-11H2,1-3H3,(H,16,18);1H. The van der Waals surface area contributed by atoms with Crippen molar-refractivity contribution >= 4 is 41.7 Å². The van der Waals surface area contributed by atoms with Crippen LogP contribution in [0.1, 0.15) is 18.9 Å². The molecule has 1 fully saturated rings. The molecule has 1 unspecified atom stereocenters. The van der Waals surface area contributed by atoms with Gasteiger partial charge in [0.25, 0.3) is 0 Å². The van der Waals surface area contributed by atoms with Crippen LogP contribution >= 0.6 is 35.7 Å². The number of thioether (sulfide) groups is 1. The van der Waals surface area contributed by atoms with Gasteiger partial charge in [-0.2, -0.15) is 11.8 Å². The summed E-state index contributed by atoms with van der Waals surface area (Å²) in [4.78, 5) is 11.0. The van der Waals surface area contributed by atoms with Gasteiger partial charge in [-0.15, -0.1) is 24.0 Å². The summed E-state index contributed by atoms with van der Waals surface area (Å²) in [7, 11) is 3.49. The highest BCUT2D eigenvalue weighted by Crippen LogP contribution is 2.21. The number of nitrogens with zero attached hydrogens (tertiary/aromatic N) is 3. The SMILES string of the molecule is CCC1CN(C(=NC)NCc2cccnc2OC)CCS1.I. The third kappa shape index (κ3) is 5.19. The average molecular weight is 436 g/mol. The fourth-order valence-corrected chi connectivity index (χ4v) is 3.59. The number of aromatic nitrogens is 1. The van der Waals surface area contributed by atoms with Crippen molar-refractivity contribution in [1.82, 2.24) is 15.2 Å². The van der Waals surface area contributed by atoms with Crippen LogP contribution < -0.4 is 10.1 Å². The number of aliphatic imine (C=N–C) groups is 1. The Balaban J connectivity index is 0.00000242. The minimum Gasteiger partial charge on any atom is -0.481 e. The summed E-state index contributed by atoms with van der Waals surface area (Å²) < 4.78 is 5.28. The molecule has 1 atom stereocenters. The molecule has 2 rings (SSSR count). The molecule has 22 heavy (non-hydrogen) atoms. The number of hydrogen-bond donors (Lipinski definition) is 1. The van der Waals surface area contributed by atoms with Gasteiger partial charge in [0.15, 0.2) is 5.96 Å². The van der Waals surface area contributed by atoms with Crippen molar-refractivity contribution in [2.75, 3.05) is 33.0 Å². The van der Waals surface area contributed by atoms with E-state index < -0.39 is 0 Å². The van der Waals surface area contributed by atoms with Crippen LogP contribution in [0.3, 0.4) is 0 Å². The van der Waals surface area contributed by atoms with Crippen LogP contribution in [0, 0.1) is 0 Å². The zero-order chi connectivity index (χ0) is 15.1. The topological polar surface area (TPSA) is 49.8 Å². The minimum atomic E-state index is 0. The summed E-state index contributed by atoms with van der Waals surface area (Å²) in [5.74, 6) is 2.79. The van der Waals surface area contributed by atoms with E-state index in [1.165, 1.54) is 6.42 Å². The zero-order valence-corrected chi connectivity index (χ0v) is 16.6. The van der Waals surface area contributed by atoms with E-state index in [0.29, 0.717) is 17.7 Å². The minimum absolute atomic E-state index is 0. The molecular weight excluding hydrogens is 411 g/mol. The van der Waals surface area contributed by atoms with Gasteiger partial charge in [0.2, 0.25) is 5.88 Å². The predicted molar refractivity (Wildman–Crippen MR) is 105 cm³/mol. The molecule has 1 aromatic rings. The summed E-state index contributed by atoms with van der Waals surface area (Å²) in [6, 6.07) is 3.94. The van der Waals surface area contributed by atoms with E-state index in [1.54, 1.807) is 13.3 Å². The third-order valence-corrected chi connectivity index (χ3v) is 4.96. The largest absolute Gasteiger partial charge is 0.481 e. The maximum absolute atomic E-state index is 5.28. The third-order valence-electron chi connectivity index (χ3n) is 3.59. The molecule has 1 aliphatic heterocycles. The first-order chi connectivity index (χ1) is 10.3. The van der Waals surface area contributed by atoms with Gasteiger partial charge < -0.3 is 15.0 Å². The first-order valence-corrected chi connectivity index (χ1v) is 8.38. The van der Waals surface area contributed by atoms with Gasteiger partial charge in [-0.05, 0) is 12.5 Å². The van der Waals surface area contributed by atoms with Crippen LogP contribution in [-0.4, -0.2) is 54.1 Å². The molecule has 1 saturated heterocycles. The molecule has 0 aliphatic carbocycles. The molecule has 0 radical (unpaired) electrons. The van der Waals surface area contributed by atoms with E-state index in [0.717, 1.165) is 30.4 Å². The number of halogens is 1. The first-order valence-electron chi connectivity index (χ1n) is 7.33. The van der Waals surface area contributed by atoms with Crippen molar-refractivity contribution < 1.29 is 4.74 Å². The average Bonchev–Trinajstić information content (AvgIpc) is 2.56. The van der Waals surface area contributed by atoms with Crippen molar-refractivity contribution in [3.05, 3.63) is 23.9 Å². The molecule has 0 bridgehead atoms. The summed E-state index contributed by atoms with van der Waals surface area (Å²) in [5, 5.41) is 4.12. The van der Waals surface area contributed by atoms with Crippen LogP contribution in [0.15, 0.2) is 23.3 Å². The molecule has 0 amide bonds. The fourth-order valence-electron chi connectivity index (χ4n) is 2.41. The van der Waals surface area contributed by atoms with Gasteiger partial charge >= 0.3 is 0 Å². The van der Waals surface area contributed by atoms with Crippen LogP contribution in [-0.2, 0) is 6.54 Å². The molecular formula is C15H25IN4OS. The normalized spacial score (nSPS) is 18.6. The lowest BCUT2D eigenvalue weighted by atomic mass is 10.2. The van der Waals surface area contributed by atoms with Gasteiger partial charge in [-0.1, -0.05) is 13.0 Å². The highest BCUT2D eigenvalue weighted by atomic mass is 127. The quantitative estimate of drug-likeness (QED) is 0.447. The predicted octanol–water partition coefficient (Wildman–Crippen LogP) is 2.61. The summed E-state index contributed by atoms with van der Waals surface area (Å²) in [6.45, 7) is 5.03. The lowest BCUT2D eigenvalue weighted by Gasteiger charge is -2.34. The van der Waals surface area contributed by atoms with Crippen LogP contribution in [0.2, 0.25) is 0 Å². The first kappa shape index (κ1) is 19.3. The molecule has 2 heterocycles. The van der Waals surface area contributed by atoms with Gasteiger partial charge in [0.1, 0.15) is 0 Å². The summed E-state index contributed by atoms with van der Waals surface area (Å²) >= 11 is 2.06. The van der Waals surface area contributed by atoms with Crippen molar-refractivity contribution in [3.63, 3.8) is 0 Å². The van der Waals surface area contributed by atoms with Gasteiger partial charge in [0.05, 0.1) is 7.11 Å². The molecule has 0 aromatic carbocycles. The van der Waals surface area contributed by atoms with Crippen LogP contribution in [0.4, 0.5) is 0 Å². The molecule has 124 valence electrons. The Morgan fingerprint density at radius 2 is 2.41 bits per heavy atom. The molecule has 0 spiro atoms. The second-order valence-corrected chi connectivity index (χ2v) is 6.33. The number of nitrogens with one attached hydrogen (secondary N) is 1. The maximum Gasteiger partial charge on any atom is 0.218 e. The van der Waals surface area contributed by atoms with Crippen molar-refractivity contribution in [3.8, 4) is 5.88 Å². The molecule has 0 saturated carbocycles. The number of methoxy groups -OCH3 is 1. The molecule has 1 aromatic heterocycles. The van der Waals surface area contributed by atoms with E-state index >= 15 is 0 Å². The van der Waals surface area contributed by atoms with Crippen molar-refractivity contribution in [2.45, 2.75) is 25.1 Å². The Morgan fingerprint density at radius 3 is 3.09 bits per heavy atom. The Morgan fingerprint density at radius 1 is 1.59 bits per heavy atom.